The first-order valence-corrected chi connectivity index (χ1v) is 17.0. The predicted octanol–water partition coefficient (Wildman–Crippen LogP) is 12.3. The topological polar surface area (TPSA) is 26.3 Å². The van der Waals surface area contributed by atoms with Crippen LogP contribution in [0.3, 0.4) is 0 Å². The molecule has 0 aromatic heterocycles. The summed E-state index contributed by atoms with van der Waals surface area (Å²) in [6.07, 6.45) is 40.5. The van der Waals surface area contributed by atoms with Crippen molar-refractivity contribution >= 4 is 5.97 Å². The summed E-state index contributed by atoms with van der Waals surface area (Å²) in [4.78, 5) is 11.7. The molecule has 2 heteroatoms. The van der Waals surface area contributed by atoms with Gasteiger partial charge in [-0.15, -0.1) is 0 Å². The molecule has 0 aromatic rings. The smallest absolute Gasteiger partial charge is 0.305 e. The maximum atomic E-state index is 11.7. The molecule has 0 aliphatic rings. The molecule has 0 aromatic carbocycles. The SMILES string of the molecule is CCCCCCCCCCCCCCCCCCCCCCCCCCCC(=O)OCCCCCC. The summed E-state index contributed by atoms with van der Waals surface area (Å²) in [6, 6.07) is 0. The number of ether oxygens (including phenoxy) is 1. The Balaban J connectivity index is 3.08. The van der Waals surface area contributed by atoms with E-state index in [1.165, 1.54) is 173 Å². The van der Waals surface area contributed by atoms with Crippen LogP contribution in [0.25, 0.3) is 0 Å². The Kier molecular flexibility index (Phi) is 32.0. The Bertz CT molecular complexity index is 406. The van der Waals surface area contributed by atoms with Crippen LogP contribution in [0.1, 0.15) is 206 Å². The van der Waals surface area contributed by atoms with Gasteiger partial charge in [-0.2, -0.15) is 0 Å². The number of hydrogen-bond acceptors (Lipinski definition) is 2. The fourth-order valence-corrected chi connectivity index (χ4v) is 5.20. The average Bonchev–Trinajstić information content (AvgIpc) is 2.88. The normalized spacial score (nSPS) is 11.3. The molecule has 36 heavy (non-hydrogen) atoms. The molecule has 0 unspecified atom stereocenters. The van der Waals surface area contributed by atoms with E-state index in [2.05, 4.69) is 13.8 Å². The zero-order chi connectivity index (χ0) is 26.2. The molecule has 0 spiro atoms. The first-order chi connectivity index (χ1) is 17.8. The van der Waals surface area contributed by atoms with Gasteiger partial charge in [0, 0.05) is 6.42 Å². The molecule has 0 radical (unpaired) electrons. The minimum absolute atomic E-state index is 0.0144. The second-order valence-electron chi connectivity index (χ2n) is 11.5. The molecular formula is C34H68O2. The van der Waals surface area contributed by atoms with Crippen molar-refractivity contribution in [2.75, 3.05) is 6.61 Å². The highest BCUT2D eigenvalue weighted by atomic mass is 16.5. The summed E-state index contributed by atoms with van der Waals surface area (Å²) in [5, 5.41) is 0. The Hall–Kier alpha value is -0.530. The third-order valence-corrected chi connectivity index (χ3v) is 7.75. The highest BCUT2D eigenvalue weighted by molar-refractivity contribution is 5.69. The largest absolute Gasteiger partial charge is 0.466 e. The minimum atomic E-state index is 0.0144. The van der Waals surface area contributed by atoms with E-state index < -0.39 is 0 Å². The number of esters is 1. The first kappa shape index (κ1) is 35.5. The van der Waals surface area contributed by atoms with Crippen LogP contribution >= 0.6 is 0 Å². The van der Waals surface area contributed by atoms with Gasteiger partial charge in [0.2, 0.25) is 0 Å². The molecule has 0 amide bonds. The van der Waals surface area contributed by atoms with Crippen LogP contribution in [0.2, 0.25) is 0 Å². The van der Waals surface area contributed by atoms with Gasteiger partial charge in [-0.1, -0.05) is 187 Å². The van der Waals surface area contributed by atoms with E-state index >= 15 is 0 Å². The zero-order valence-electron chi connectivity index (χ0n) is 25.2. The molecule has 0 bridgehead atoms. The molecule has 216 valence electrons. The summed E-state index contributed by atoms with van der Waals surface area (Å²) in [6.45, 7) is 5.13. The molecule has 0 atom stereocenters. The van der Waals surface area contributed by atoms with Gasteiger partial charge in [-0.3, -0.25) is 4.79 Å². The van der Waals surface area contributed by atoms with E-state index in [9.17, 15) is 4.79 Å². The molecule has 0 aliphatic carbocycles. The molecule has 0 N–H and O–H groups in total. The lowest BCUT2D eigenvalue weighted by molar-refractivity contribution is -0.143. The number of rotatable bonds is 31. The van der Waals surface area contributed by atoms with Gasteiger partial charge in [0.15, 0.2) is 0 Å². The Morgan fingerprint density at radius 3 is 0.917 bits per heavy atom. The minimum Gasteiger partial charge on any atom is -0.466 e. The van der Waals surface area contributed by atoms with Gasteiger partial charge in [0.05, 0.1) is 6.61 Å². The van der Waals surface area contributed by atoms with Crippen LogP contribution in [0.15, 0.2) is 0 Å². The summed E-state index contributed by atoms with van der Waals surface area (Å²) in [5.74, 6) is 0.0144. The van der Waals surface area contributed by atoms with Gasteiger partial charge >= 0.3 is 5.97 Å². The quantitative estimate of drug-likeness (QED) is 0.0687. The second-order valence-corrected chi connectivity index (χ2v) is 11.5. The van der Waals surface area contributed by atoms with Crippen LogP contribution in [-0.4, -0.2) is 12.6 Å². The van der Waals surface area contributed by atoms with Crippen LogP contribution in [-0.2, 0) is 9.53 Å². The third kappa shape index (κ3) is 31.5. The molecule has 0 heterocycles. The highest BCUT2D eigenvalue weighted by Gasteiger charge is 2.02. The standard InChI is InChI=1S/C34H68O2/c1-3-5-7-9-10-11-12-13-14-15-16-17-18-19-20-21-22-23-24-25-26-27-28-29-30-32-34(35)36-33-31-8-6-4-2/h3-33H2,1-2H3. The monoisotopic (exact) mass is 509 g/mol. The molecule has 0 saturated carbocycles. The van der Waals surface area contributed by atoms with E-state index in [1.807, 2.05) is 0 Å². The molecule has 0 aliphatic heterocycles. The van der Waals surface area contributed by atoms with Crippen LogP contribution in [0.5, 0.6) is 0 Å². The molecule has 0 rings (SSSR count). The predicted molar refractivity (Wildman–Crippen MR) is 161 cm³/mol. The van der Waals surface area contributed by atoms with E-state index in [-0.39, 0.29) is 5.97 Å². The fraction of sp³-hybridized carbons (Fsp3) is 0.971. The van der Waals surface area contributed by atoms with Crippen LogP contribution < -0.4 is 0 Å². The van der Waals surface area contributed by atoms with Crippen molar-refractivity contribution in [1.29, 1.82) is 0 Å². The van der Waals surface area contributed by atoms with Crippen LogP contribution in [0.4, 0.5) is 0 Å². The lowest BCUT2D eigenvalue weighted by Crippen LogP contribution is -2.05. The number of hydrogen-bond donors (Lipinski definition) is 0. The Labute approximate surface area is 228 Å². The van der Waals surface area contributed by atoms with Crippen molar-refractivity contribution in [1.82, 2.24) is 0 Å². The van der Waals surface area contributed by atoms with Gasteiger partial charge in [-0.05, 0) is 12.8 Å². The number of carbonyl (C=O) groups is 1. The zero-order valence-corrected chi connectivity index (χ0v) is 25.2. The fourth-order valence-electron chi connectivity index (χ4n) is 5.20. The lowest BCUT2D eigenvalue weighted by Gasteiger charge is -2.05. The van der Waals surface area contributed by atoms with Crippen molar-refractivity contribution in [3.8, 4) is 0 Å². The maximum Gasteiger partial charge on any atom is 0.305 e. The summed E-state index contributed by atoms with van der Waals surface area (Å²) in [7, 11) is 0. The number of carbonyl (C=O) groups excluding carboxylic acids is 1. The molecule has 0 fully saturated rings. The lowest BCUT2D eigenvalue weighted by atomic mass is 10.0. The van der Waals surface area contributed by atoms with Crippen LogP contribution in [0, 0.1) is 0 Å². The van der Waals surface area contributed by atoms with E-state index in [0.29, 0.717) is 13.0 Å². The third-order valence-electron chi connectivity index (χ3n) is 7.75. The van der Waals surface area contributed by atoms with Crippen molar-refractivity contribution in [3.05, 3.63) is 0 Å². The van der Waals surface area contributed by atoms with Crippen molar-refractivity contribution in [2.45, 2.75) is 206 Å². The van der Waals surface area contributed by atoms with E-state index in [0.717, 1.165) is 12.8 Å². The summed E-state index contributed by atoms with van der Waals surface area (Å²) < 4.78 is 5.30. The highest BCUT2D eigenvalue weighted by Crippen LogP contribution is 2.16. The Morgan fingerprint density at radius 2 is 0.611 bits per heavy atom. The Morgan fingerprint density at radius 1 is 0.361 bits per heavy atom. The van der Waals surface area contributed by atoms with Crippen molar-refractivity contribution in [3.63, 3.8) is 0 Å². The maximum absolute atomic E-state index is 11.7. The second kappa shape index (κ2) is 32.5. The first-order valence-electron chi connectivity index (χ1n) is 17.0. The van der Waals surface area contributed by atoms with Gasteiger partial charge in [0.25, 0.3) is 0 Å². The van der Waals surface area contributed by atoms with E-state index in [1.54, 1.807) is 0 Å². The van der Waals surface area contributed by atoms with Gasteiger partial charge in [0.1, 0.15) is 0 Å². The molecule has 2 nitrogen and oxygen atoms in total. The summed E-state index contributed by atoms with van der Waals surface area (Å²) in [5.41, 5.74) is 0. The van der Waals surface area contributed by atoms with Crippen molar-refractivity contribution in [2.24, 2.45) is 0 Å². The van der Waals surface area contributed by atoms with Crippen molar-refractivity contribution < 1.29 is 9.53 Å². The van der Waals surface area contributed by atoms with E-state index in [4.69, 9.17) is 4.74 Å². The average molecular weight is 509 g/mol. The van der Waals surface area contributed by atoms with Gasteiger partial charge < -0.3 is 4.74 Å². The molecular weight excluding hydrogens is 440 g/mol. The molecule has 0 saturated heterocycles. The number of unbranched alkanes of at least 4 members (excludes halogenated alkanes) is 27. The van der Waals surface area contributed by atoms with Gasteiger partial charge in [-0.25, -0.2) is 0 Å². The summed E-state index contributed by atoms with van der Waals surface area (Å²) >= 11 is 0.